The number of nitrogens with zero attached hydrogens (tertiary/aromatic N) is 4. The van der Waals surface area contributed by atoms with Crippen LogP contribution in [0.3, 0.4) is 0 Å². The van der Waals surface area contributed by atoms with E-state index in [1.54, 1.807) is 25.1 Å². The van der Waals surface area contributed by atoms with E-state index in [4.69, 9.17) is 0 Å². The third-order valence-corrected chi connectivity index (χ3v) is 5.90. The Hall–Kier alpha value is -3.19. The van der Waals surface area contributed by atoms with Crippen molar-refractivity contribution >= 4 is 17.5 Å². The highest BCUT2D eigenvalue weighted by Crippen LogP contribution is 2.32. The molecule has 1 aromatic carbocycles. The van der Waals surface area contributed by atoms with Crippen LogP contribution in [0, 0.1) is 0 Å². The van der Waals surface area contributed by atoms with Crippen LogP contribution in [0.25, 0.3) is 0 Å². The molecule has 2 amide bonds. The van der Waals surface area contributed by atoms with Crippen LogP contribution in [0.2, 0.25) is 0 Å². The van der Waals surface area contributed by atoms with Crippen molar-refractivity contribution in [3.05, 3.63) is 58.9 Å². The molecule has 7 nitrogen and oxygen atoms in total. The fraction of sp³-hybridized carbons (Fsp3) is 0.458. The van der Waals surface area contributed by atoms with Gasteiger partial charge in [0.1, 0.15) is 6.54 Å². The van der Waals surface area contributed by atoms with Crippen molar-refractivity contribution in [2.75, 3.05) is 45.2 Å². The number of alkyl halides is 6. The Morgan fingerprint density at radius 2 is 1.76 bits per heavy atom. The lowest BCUT2D eigenvalue weighted by Gasteiger charge is -2.31. The van der Waals surface area contributed by atoms with Crippen LogP contribution < -0.4 is 10.2 Å². The smallest absolute Gasteiger partial charge is 0.334 e. The van der Waals surface area contributed by atoms with Gasteiger partial charge >= 0.3 is 18.3 Å². The Morgan fingerprint density at radius 3 is 2.41 bits per heavy atom. The second-order valence-corrected chi connectivity index (χ2v) is 8.84. The van der Waals surface area contributed by atoms with Crippen LogP contribution in [0.5, 0.6) is 0 Å². The van der Waals surface area contributed by atoms with Crippen LogP contribution in [-0.2, 0) is 35.3 Å². The molecule has 1 aliphatic rings. The summed E-state index contributed by atoms with van der Waals surface area (Å²) in [6, 6.07) is 6.50. The largest absolute Gasteiger partial charge is 0.471 e. The summed E-state index contributed by atoms with van der Waals surface area (Å²) in [6.45, 7) is -0.664. The summed E-state index contributed by atoms with van der Waals surface area (Å²) in [6.07, 6.45) is -8.35. The first-order chi connectivity index (χ1) is 17.3. The zero-order valence-electron chi connectivity index (χ0n) is 20.3. The molecule has 37 heavy (non-hydrogen) atoms. The molecule has 1 N–H and O–H groups in total. The van der Waals surface area contributed by atoms with E-state index in [1.165, 1.54) is 12.1 Å². The molecule has 0 radical (unpaired) electrons. The molecule has 0 unspecified atom stereocenters. The van der Waals surface area contributed by atoms with Gasteiger partial charge in [-0.2, -0.15) is 26.3 Å². The molecule has 0 atom stereocenters. The molecule has 0 saturated carbocycles. The summed E-state index contributed by atoms with van der Waals surface area (Å²) in [5, 5.41) is 3.04. The number of pyridine rings is 1. The van der Waals surface area contributed by atoms with Gasteiger partial charge in [-0.05, 0) is 56.4 Å². The number of likely N-dealkylation sites (N-methyl/N-ethyl adjacent to an activating group) is 1. The van der Waals surface area contributed by atoms with Crippen LogP contribution in [0.4, 0.5) is 32.0 Å². The molecule has 0 fully saturated rings. The fourth-order valence-electron chi connectivity index (χ4n) is 4.02. The van der Waals surface area contributed by atoms with Gasteiger partial charge in [-0.15, -0.1) is 0 Å². The van der Waals surface area contributed by atoms with Crippen molar-refractivity contribution in [2.24, 2.45) is 0 Å². The Balaban J connectivity index is 1.97. The molecule has 1 aliphatic heterocycles. The van der Waals surface area contributed by atoms with E-state index in [2.05, 4.69) is 10.3 Å². The molecule has 2 heterocycles. The standard InChI is InChI=1S/C24H27F6N5O2/c1-33(2)11-12-34(14-19-18(23(25,26)27)6-4-9-32-19)21(36)15-35(22(37)24(28,29)30)20-7-3-5-16-8-10-31-13-17(16)20/h3-7,9,31H,8,10-15H2,1-2H3. The highest BCUT2D eigenvalue weighted by Gasteiger charge is 2.45. The van der Waals surface area contributed by atoms with Gasteiger partial charge in [-0.25, -0.2) is 0 Å². The van der Waals surface area contributed by atoms with E-state index in [0.29, 0.717) is 23.4 Å². The van der Waals surface area contributed by atoms with Gasteiger partial charge in [-0.1, -0.05) is 12.1 Å². The zero-order chi connectivity index (χ0) is 27.4. The third kappa shape index (κ3) is 7.19. The average Bonchev–Trinajstić information content (AvgIpc) is 2.83. The van der Waals surface area contributed by atoms with Gasteiger partial charge in [0, 0.05) is 31.5 Å². The Kier molecular flexibility index (Phi) is 8.80. The summed E-state index contributed by atoms with van der Waals surface area (Å²) in [5.74, 6) is -3.18. The molecule has 202 valence electrons. The minimum absolute atomic E-state index is 0.0678. The highest BCUT2D eigenvalue weighted by molar-refractivity contribution is 6.02. The predicted octanol–water partition coefficient (Wildman–Crippen LogP) is 3.23. The number of hydrogen-bond donors (Lipinski definition) is 1. The number of amides is 2. The summed E-state index contributed by atoms with van der Waals surface area (Å²) >= 11 is 0. The lowest BCUT2D eigenvalue weighted by Crippen LogP contribution is -2.49. The van der Waals surface area contributed by atoms with Gasteiger partial charge < -0.3 is 15.1 Å². The Labute approximate surface area is 210 Å². The van der Waals surface area contributed by atoms with Crippen molar-refractivity contribution in [3.63, 3.8) is 0 Å². The van der Waals surface area contributed by atoms with Gasteiger partial charge in [0.05, 0.1) is 17.8 Å². The molecule has 3 rings (SSSR count). The number of halogens is 6. The number of anilines is 1. The number of aromatic nitrogens is 1. The maximum atomic E-state index is 13.6. The van der Waals surface area contributed by atoms with Crippen molar-refractivity contribution in [1.82, 2.24) is 20.1 Å². The summed E-state index contributed by atoms with van der Waals surface area (Å²) < 4.78 is 81.3. The van der Waals surface area contributed by atoms with Crippen molar-refractivity contribution in [3.8, 4) is 0 Å². The van der Waals surface area contributed by atoms with Gasteiger partial charge in [-0.3, -0.25) is 19.5 Å². The van der Waals surface area contributed by atoms with E-state index in [-0.39, 0.29) is 25.3 Å². The maximum absolute atomic E-state index is 13.6. The third-order valence-electron chi connectivity index (χ3n) is 5.90. The highest BCUT2D eigenvalue weighted by atomic mass is 19.4. The first kappa shape index (κ1) is 28.4. The first-order valence-electron chi connectivity index (χ1n) is 11.4. The summed E-state index contributed by atoms with van der Waals surface area (Å²) in [7, 11) is 3.35. The van der Waals surface area contributed by atoms with Crippen molar-refractivity contribution in [2.45, 2.75) is 31.9 Å². The second-order valence-electron chi connectivity index (χ2n) is 8.84. The first-order valence-corrected chi connectivity index (χ1v) is 11.4. The number of carbonyl (C=O) groups is 2. The molecule has 1 aromatic heterocycles. The molecule has 0 aliphatic carbocycles. The topological polar surface area (TPSA) is 68.8 Å². The van der Waals surface area contributed by atoms with Crippen LogP contribution in [0.15, 0.2) is 36.5 Å². The zero-order valence-corrected chi connectivity index (χ0v) is 20.3. The number of hydrogen-bond acceptors (Lipinski definition) is 5. The van der Waals surface area contributed by atoms with Crippen molar-refractivity contribution < 1.29 is 35.9 Å². The van der Waals surface area contributed by atoms with E-state index in [1.807, 2.05) is 0 Å². The van der Waals surface area contributed by atoms with Crippen LogP contribution >= 0.6 is 0 Å². The summed E-state index contributed by atoms with van der Waals surface area (Å²) in [4.78, 5) is 32.6. The molecule has 2 aromatic rings. The van der Waals surface area contributed by atoms with E-state index in [0.717, 1.165) is 28.8 Å². The Bertz CT molecular complexity index is 1120. The van der Waals surface area contributed by atoms with E-state index in [9.17, 15) is 35.9 Å². The quantitative estimate of drug-likeness (QED) is 0.530. The number of benzene rings is 1. The molecule has 13 heteroatoms. The number of nitrogens with one attached hydrogen (secondary N) is 1. The van der Waals surface area contributed by atoms with Crippen LogP contribution in [0.1, 0.15) is 22.4 Å². The van der Waals surface area contributed by atoms with E-state index < -0.39 is 48.5 Å². The maximum Gasteiger partial charge on any atom is 0.471 e. The number of fused-ring (bicyclic) bond motifs is 1. The van der Waals surface area contributed by atoms with Gasteiger partial charge in [0.25, 0.3) is 0 Å². The number of carbonyl (C=O) groups excluding carboxylic acids is 2. The monoisotopic (exact) mass is 531 g/mol. The van der Waals surface area contributed by atoms with E-state index >= 15 is 0 Å². The lowest BCUT2D eigenvalue weighted by molar-refractivity contribution is -0.170. The summed E-state index contributed by atoms with van der Waals surface area (Å²) in [5.41, 5.74) is -0.359. The second kappa shape index (κ2) is 11.5. The van der Waals surface area contributed by atoms with Crippen molar-refractivity contribution in [1.29, 1.82) is 0 Å². The van der Waals surface area contributed by atoms with Gasteiger partial charge in [0.15, 0.2) is 0 Å². The molecular formula is C24H27F6N5O2. The normalized spacial score (nSPS) is 13.9. The van der Waals surface area contributed by atoms with Gasteiger partial charge in [0.2, 0.25) is 5.91 Å². The molecule has 0 saturated heterocycles. The Morgan fingerprint density at radius 1 is 1.03 bits per heavy atom. The minimum Gasteiger partial charge on any atom is -0.334 e. The fourth-order valence-corrected chi connectivity index (χ4v) is 4.02. The number of rotatable bonds is 8. The average molecular weight is 532 g/mol. The minimum atomic E-state index is -5.27. The molecule has 0 bridgehead atoms. The molecular weight excluding hydrogens is 504 g/mol. The lowest BCUT2D eigenvalue weighted by atomic mass is 9.98. The SMILES string of the molecule is CN(C)CCN(Cc1ncccc1C(F)(F)F)C(=O)CN(C(=O)C(F)(F)F)c1cccc2c1CNCC2. The molecule has 0 spiro atoms. The predicted molar refractivity (Wildman–Crippen MR) is 123 cm³/mol. The van der Waals surface area contributed by atoms with Crippen LogP contribution in [-0.4, -0.2) is 73.0 Å².